The highest BCUT2D eigenvalue weighted by molar-refractivity contribution is 5.20. The van der Waals surface area contributed by atoms with Gasteiger partial charge < -0.3 is 4.74 Å². The molecule has 26 heavy (non-hydrogen) atoms. The average Bonchev–Trinajstić information content (AvgIpc) is 3.09. The molecule has 3 heterocycles. The summed E-state index contributed by atoms with van der Waals surface area (Å²) in [4.78, 5) is 10.2. The molecule has 2 atom stereocenters. The second-order valence-electron chi connectivity index (χ2n) is 6.68. The van der Waals surface area contributed by atoms with Crippen LogP contribution in [0.4, 0.5) is 13.2 Å². The number of hydrogen-bond donors (Lipinski definition) is 0. The van der Waals surface area contributed by atoms with E-state index in [1.807, 2.05) is 18.2 Å². The van der Waals surface area contributed by atoms with Crippen LogP contribution in [0.15, 0.2) is 36.5 Å². The smallest absolute Gasteiger partial charge is 0.433 e. The molecule has 0 amide bonds. The number of aromatic nitrogens is 2. The molecule has 0 radical (unpaired) electrons. The van der Waals surface area contributed by atoms with E-state index < -0.39 is 11.9 Å². The van der Waals surface area contributed by atoms with Gasteiger partial charge in [-0.25, -0.2) is 4.98 Å². The van der Waals surface area contributed by atoms with Gasteiger partial charge in [-0.15, -0.1) is 0 Å². The normalized spacial score (nSPS) is 19.5. The van der Waals surface area contributed by atoms with E-state index >= 15 is 0 Å². The predicted octanol–water partition coefficient (Wildman–Crippen LogP) is 4.13. The molecular formula is C19H22F3N3O. The lowest BCUT2D eigenvalue weighted by molar-refractivity contribution is -0.141. The summed E-state index contributed by atoms with van der Waals surface area (Å²) in [5.74, 6) is 0.910. The molecule has 2 unspecified atom stereocenters. The molecule has 0 spiro atoms. The van der Waals surface area contributed by atoms with E-state index in [4.69, 9.17) is 4.74 Å². The lowest BCUT2D eigenvalue weighted by Gasteiger charge is -2.24. The number of halogens is 3. The highest BCUT2D eigenvalue weighted by atomic mass is 19.4. The number of ether oxygens (including phenoxy) is 1. The van der Waals surface area contributed by atoms with Gasteiger partial charge in [-0.3, -0.25) is 9.88 Å². The minimum absolute atomic E-state index is 0.137. The zero-order valence-electron chi connectivity index (χ0n) is 14.8. The monoisotopic (exact) mass is 365 g/mol. The summed E-state index contributed by atoms with van der Waals surface area (Å²) >= 11 is 0. The Balaban J connectivity index is 1.63. The van der Waals surface area contributed by atoms with Crippen molar-refractivity contribution in [2.45, 2.75) is 32.0 Å². The van der Waals surface area contributed by atoms with Crippen LogP contribution < -0.4 is 4.74 Å². The lowest BCUT2D eigenvalue weighted by Crippen LogP contribution is -2.25. The Labute approximate surface area is 151 Å². The van der Waals surface area contributed by atoms with E-state index in [9.17, 15) is 13.2 Å². The second-order valence-corrected chi connectivity index (χ2v) is 6.68. The number of methoxy groups -OCH3 is 1. The predicted molar refractivity (Wildman–Crippen MR) is 91.8 cm³/mol. The summed E-state index contributed by atoms with van der Waals surface area (Å²) in [7, 11) is 1.59. The minimum atomic E-state index is -4.40. The molecular weight excluding hydrogens is 343 g/mol. The Hall–Kier alpha value is -2.15. The standard InChI is InChI=1S/C19H22F3N3O/c1-13(16-4-3-5-18(24-16)26-2)25-9-7-15(12-25)10-14-6-8-23-17(11-14)19(20,21)22/h3-6,8,11,13,15H,7,9-10,12H2,1-2H3. The van der Waals surface area contributed by atoms with E-state index in [1.54, 1.807) is 13.2 Å². The first-order valence-corrected chi connectivity index (χ1v) is 8.64. The Morgan fingerprint density at radius 3 is 2.85 bits per heavy atom. The van der Waals surface area contributed by atoms with Gasteiger partial charge in [-0.1, -0.05) is 6.07 Å². The molecule has 2 aromatic heterocycles. The van der Waals surface area contributed by atoms with Crippen molar-refractivity contribution in [2.24, 2.45) is 5.92 Å². The van der Waals surface area contributed by atoms with Crippen LogP contribution in [0.25, 0.3) is 0 Å². The van der Waals surface area contributed by atoms with Gasteiger partial charge in [0.05, 0.1) is 12.8 Å². The highest BCUT2D eigenvalue weighted by Crippen LogP contribution is 2.31. The summed E-state index contributed by atoms with van der Waals surface area (Å²) in [5.41, 5.74) is 0.804. The molecule has 1 saturated heterocycles. The number of nitrogens with zero attached hydrogens (tertiary/aromatic N) is 3. The maximum atomic E-state index is 12.8. The van der Waals surface area contributed by atoms with Gasteiger partial charge in [0.2, 0.25) is 5.88 Å². The molecule has 1 aliphatic rings. The van der Waals surface area contributed by atoms with Crippen molar-refractivity contribution in [3.8, 4) is 5.88 Å². The molecule has 1 aliphatic heterocycles. The van der Waals surface area contributed by atoms with Crippen LogP contribution in [0, 0.1) is 5.92 Å². The van der Waals surface area contributed by atoms with Crippen LogP contribution in [0.3, 0.4) is 0 Å². The van der Waals surface area contributed by atoms with Gasteiger partial charge in [0, 0.05) is 24.8 Å². The Kier molecular flexibility index (Phi) is 5.46. The molecule has 7 heteroatoms. The molecule has 0 bridgehead atoms. The van der Waals surface area contributed by atoms with E-state index in [2.05, 4.69) is 21.8 Å². The van der Waals surface area contributed by atoms with E-state index in [1.165, 1.54) is 6.20 Å². The van der Waals surface area contributed by atoms with Crippen molar-refractivity contribution in [2.75, 3.05) is 20.2 Å². The quantitative estimate of drug-likeness (QED) is 0.799. The van der Waals surface area contributed by atoms with Gasteiger partial charge in [-0.05, 0) is 56.0 Å². The maximum Gasteiger partial charge on any atom is 0.433 e. The van der Waals surface area contributed by atoms with E-state index in [0.717, 1.165) is 31.3 Å². The first kappa shape index (κ1) is 18.6. The van der Waals surface area contributed by atoms with Gasteiger partial charge in [0.15, 0.2) is 0 Å². The maximum absolute atomic E-state index is 12.8. The summed E-state index contributed by atoms with van der Waals surface area (Å²) in [6.45, 7) is 3.84. The van der Waals surface area contributed by atoms with Crippen molar-refractivity contribution >= 4 is 0 Å². The first-order chi connectivity index (χ1) is 12.4. The van der Waals surface area contributed by atoms with Crippen molar-refractivity contribution in [3.63, 3.8) is 0 Å². The van der Waals surface area contributed by atoms with Crippen LogP contribution >= 0.6 is 0 Å². The van der Waals surface area contributed by atoms with Gasteiger partial charge in [0.1, 0.15) is 5.69 Å². The third kappa shape index (κ3) is 4.33. The number of rotatable bonds is 5. The summed E-state index contributed by atoms with van der Waals surface area (Å²) < 4.78 is 43.6. The molecule has 0 aromatic carbocycles. The van der Waals surface area contributed by atoms with Gasteiger partial charge in [0.25, 0.3) is 0 Å². The summed E-state index contributed by atoms with van der Waals surface area (Å²) in [6, 6.07) is 8.67. The van der Waals surface area contributed by atoms with Crippen molar-refractivity contribution in [1.82, 2.24) is 14.9 Å². The lowest BCUT2D eigenvalue weighted by atomic mass is 9.99. The zero-order chi connectivity index (χ0) is 18.7. The topological polar surface area (TPSA) is 38.2 Å². The van der Waals surface area contributed by atoms with Crippen molar-refractivity contribution in [3.05, 3.63) is 53.5 Å². The summed E-state index contributed by atoms with van der Waals surface area (Å²) in [6.07, 6.45) is -1.57. The number of hydrogen-bond acceptors (Lipinski definition) is 4. The van der Waals surface area contributed by atoms with Crippen molar-refractivity contribution < 1.29 is 17.9 Å². The molecule has 1 fully saturated rings. The number of pyridine rings is 2. The van der Waals surface area contributed by atoms with Crippen LogP contribution in [-0.2, 0) is 12.6 Å². The fourth-order valence-electron chi connectivity index (χ4n) is 3.43. The molecule has 0 aliphatic carbocycles. The third-order valence-electron chi connectivity index (χ3n) is 4.89. The van der Waals surface area contributed by atoms with Crippen LogP contribution in [0.5, 0.6) is 5.88 Å². The zero-order valence-corrected chi connectivity index (χ0v) is 14.8. The van der Waals surface area contributed by atoms with Crippen molar-refractivity contribution in [1.29, 1.82) is 0 Å². The fraction of sp³-hybridized carbons (Fsp3) is 0.474. The molecule has 4 nitrogen and oxygen atoms in total. The Morgan fingerprint density at radius 2 is 2.12 bits per heavy atom. The minimum Gasteiger partial charge on any atom is -0.481 e. The number of likely N-dealkylation sites (tertiary alicyclic amines) is 1. The molecule has 140 valence electrons. The summed E-state index contributed by atoms with van der Waals surface area (Å²) in [5, 5.41) is 0. The van der Waals surface area contributed by atoms with E-state index in [-0.39, 0.29) is 6.04 Å². The number of alkyl halides is 3. The van der Waals surface area contributed by atoms with Crippen LogP contribution in [0.2, 0.25) is 0 Å². The van der Waals surface area contributed by atoms with Gasteiger partial charge in [-0.2, -0.15) is 13.2 Å². The van der Waals surface area contributed by atoms with E-state index in [0.29, 0.717) is 23.8 Å². The molecule has 3 rings (SSSR count). The highest BCUT2D eigenvalue weighted by Gasteiger charge is 2.33. The second kappa shape index (κ2) is 7.61. The molecule has 0 N–H and O–H groups in total. The fourth-order valence-corrected chi connectivity index (χ4v) is 3.43. The molecule has 0 saturated carbocycles. The third-order valence-corrected chi connectivity index (χ3v) is 4.89. The first-order valence-electron chi connectivity index (χ1n) is 8.64. The van der Waals surface area contributed by atoms with Crippen LogP contribution in [-0.4, -0.2) is 35.1 Å². The SMILES string of the molecule is COc1cccc(C(C)N2CCC(Cc3ccnc(C(F)(F)F)c3)C2)n1. The largest absolute Gasteiger partial charge is 0.481 e. The van der Waals surface area contributed by atoms with Gasteiger partial charge >= 0.3 is 6.18 Å². The Morgan fingerprint density at radius 1 is 1.31 bits per heavy atom. The Bertz CT molecular complexity index is 751. The molecule has 2 aromatic rings. The average molecular weight is 365 g/mol. The van der Waals surface area contributed by atoms with Crippen LogP contribution in [0.1, 0.15) is 36.3 Å².